The van der Waals surface area contributed by atoms with Gasteiger partial charge in [0.2, 0.25) is 11.8 Å². The normalized spacial score (nSPS) is 9.67. The number of hydrogen-bond donors (Lipinski definition) is 2. The largest absolute Gasteiger partial charge is 0.495 e. The van der Waals surface area contributed by atoms with Crippen LogP contribution in [0.4, 0.5) is 11.4 Å². The molecule has 1 aromatic carbocycles. The molecule has 0 fully saturated rings. The van der Waals surface area contributed by atoms with Gasteiger partial charge in [0.1, 0.15) is 5.75 Å². The Morgan fingerprint density at radius 2 is 1.81 bits per heavy atom. The van der Waals surface area contributed by atoms with E-state index < -0.39 is 5.97 Å². The Hall–Kier alpha value is -2.57. The molecule has 21 heavy (non-hydrogen) atoms. The van der Waals surface area contributed by atoms with E-state index in [-0.39, 0.29) is 24.7 Å². The van der Waals surface area contributed by atoms with Crippen LogP contribution >= 0.6 is 0 Å². The van der Waals surface area contributed by atoms with Crippen LogP contribution in [0, 0.1) is 0 Å². The van der Waals surface area contributed by atoms with Crippen LogP contribution in [0.1, 0.15) is 19.8 Å². The maximum absolute atomic E-state index is 11.7. The molecule has 7 heteroatoms. The highest BCUT2D eigenvalue weighted by atomic mass is 16.5. The lowest BCUT2D eigenvalue weighted by atomic mass is 10.2. The Morgan fingerprint density at radius 1 is 1.10 bits per heavy atom. The summed E-state index contributed by atoms with van der Waals surface area (Å²) < 4.78 is 9.57. The summed E-state index contributed by atoms with van der Waals surface area (Å²) in [7, 11) is 2.75. The molecule has 0 aliphatic carbocycles. The van der Waals surface area contributed by atoms with Crippen LogP contribution in [0.3, 0.4) is 0 Å². The van der Waals surface area contributed by atoms with Crippen LogP contribution in [-0.2, 0) is 19.1 Å². The van der Waals surface area contributed by atoms with Gasteiger partial charge < -0.3 is 20.1 Å². The maximum atomic E-state index is 11.7. The summed E-state index contributed by atoms with van der Waals surface area (Å²) in [5.74, 6) is -0.529. The first-order chi connectivity index (χ1) is 9.96. The number of ether oxygens (including phenoxy) is 2. The smallest absolute Gasteiger partial charge is 0.306 e. The third-order valence-corrected chi connectivity index (χ3v) is 2.58. The minimum absolute atomic E-state index is 0.0110. The molecule has 0 atom stereocenters. The van der Waals surface area contributed by atoms with E-state index in [0.29, 0.717) is 17.1 Å². The molecule has 114 valence electrons. The van der Waals surface area contributed by atoms with Gasteiger partial charge in [-0.15, -0.1) is 0 Å². The van der Waals surface area contributed by atoms with Gasteiger partial charge in [-0.05, 0) is 18.2 Å². The summed E-state index contributed by atoms with van der Waals surface area (Å²) in [4.78, 5) is 33.8. The van der Waals surface area contributed by atoms with Crippen molar-refractivity contribution < 1.29 is 23.9 Å². The summed E-state index contributed by atoms with van der Waals surface area (Å²) in [6, 6.07) is 4.84. The summed E-state index contributed by atoms with van der Waals surface area (Å²) in [6.07, 6.45) is 0.0330. The second kappa shape index (κ2) is 7.88. The van der Waals surface area contributed by atoms with Gasteiger partial charge in [0, 0.05) is 19.0 Å². The number of esters is 1. The number of hydrogen-bond acceptors (Lipinski definition) is 5. The molecule has 0 aliphatic heterocycles. The topological polar surface area (TPSA) is 93.7 Å². The van der Waals surface area contributed by atoms with Gasteiger partial charge in [-0.1, -0.05) is 0 Å². The zero-order valence-corrected chi connectivity index (χ0v) is 12.2. The third-order valence-electron chi connectivity index (χ3n) is 2.58. The highest BCUT2D eigenvalue weighted by Gasteiger charge is 2.10. The van der Waals surface area contributed by atoms with Crippen molar-refractivity contribution in [3.8, 4) is 5.75 Å². The monoisotopic (exact) mass is 294 g/mol. The maximum Gasteiger partial charge on any atom is 0.306 e. The number of methoxy groups -OCH3 is 2. The van der Waals surface area contributed by atoms with E-state index in [1.165, 1.54) is 21.1 Å². The lowest BCUT2D eigenvalue weighted by molar-refractivity contribution is -0.141. The van der Waals surface area contributed by atoms with E-state index in [0.717, 1.165) is 0 Å². The summed E-state index contributed by atoms with van der Waals surface area (Å²) in [5, 5.41) is 5.24. The molecule has 1 rings (SSSR count). The van der Waals surface area contributed by atoms with Gasteiger partial charge in [0.25, 0.3) is 0 Å². The number of rotatable bonds is 6. The molecule has 2 amide bonds. The van der Waals surface area contributed by atoms with E-state index in [1.807, 2.05) is 0 Å². The first-order valence-corrected chi connectivity index (χ1v) is 6.28. The average molecular weight is 294 g/mol. The molecule has 0 radical (unpaired) electrons. The number of benzene rings is 1. The predicted octanol–water partition coefficient (Wildman–Crippen LogP) is 1.55. The molecule has 1 aromatic rings. The zero-order chi connectivity index (χ0) is 15.8. The molecule has 7 nitrogen and oxygen atoms in total. The van der Waals surface area contributed by atoms with Crippen LogP contribution in [0.15, 0.2) is 18.2 Å². The molecular formula is C14H18N2O5. The number of carbonyl (C=O) groups is 3. The lowest BCUT2D eigenvalue weighted by Crippen LogP contribution is -2.14. The standard InChI is InChI=1S/C14H18N2O5/c1-9(17)15-11-8-10(4-5-12(11)20-2)16-13(18)6-7-14(19)21-3/h4-5,8H,6-7H2,1-3H3,(H,15,17)(H,16,18). The minimum atomic E-state index is -0.446. The Labute approximate surface area is 122 Å². The van der Waals surface area contributed by atoms with E-state index in [4.69, 9.17) is 4.74 Å². The van der Waals surface area contributed by atoms with Crippen molar-refractivity contribution in [2.24, 2.45) is 0 Å². The molecule has 0 aromatic heterocycles. The second-order valence-corrected chi connectivity index (χ2v) is 4.22. The molecule has 0 saturated carbocycles. The molecule has 0 saturated heterocycles. The van der Waals surface area contributed by atoms with Crippen molar-refractivity contribution in [3.63, 3.8) is 0 Å². The fourth-order valence-corrected chi connectivity index (χ4v) is 1.61. The number of carbonyl (C=O) groups excluding carboxylic acids is 3. The first-order valence-electron chi connectivity index (χ1n) is 6.28. The average Bonchev–Trinajstić information content (AvgIpc) is 2.44. The number of amides is 2. The van der Waals surface area contributed by atoms with Gasteiger partial charge in [-0.25, -0.2) is 0 Å². The first kappa shape index (κ1) is 16.5. The van der Waals surface area contributed by atoms with Crippen molar-refractivity contribution in [1.82, 2.24) is 0 Å². The van der Waals surface area contributed by atoms with Crippen molar-refractivity contribution in [1.29, 1.82) is 0 Å². The van der Waals surface area contributed by atoms with Gasteiger partial charge in [-0.2, -0.15) is 0 Å². The van der Waals surface area contributed by atoms with Crippen LogP contribution < -0.4 is 15.4 Å². The van der Waals surface area contributed by atoms with Crippen molar-refractivity contribution in [2.45, 2.75) is 19.8 Å². The quantitative estimate of drug-likeness (QED) is 0.776. The summed E-state index contributed by atoms with van der Waals surface area (Å²) in [6.45, 7) is 1.38. The van der Waals surface area contributed by atoms with Crippen LogP contribution in [0.5, 0.6) is 5.75 Å². The van der Waals surface area contributed by atoms with Gasteiger partial charge in [-0.3, -0.25) is 14.4 Å². The summed E-state index contributed by atoms with van der Waals surface area (Å²) >= 11 is 0. The van der Waals surface area contributed by atoms with Gasteiger partial charge in [0.15, 0.2) is 0 Å². The van der Waals surface area contributed by atoms with E-state index >= 15 is 0 Å². The van der Waals surface area contributed by atoms with Gasteiger partial charge in [0.05, 0.1) is 26.3 Å². The molecule has 0 heterocycles. The Kier molecular flexibility index (Phi) is 6.19. The van der Waals surface area contributed by atoms with E-state index in [9.17, 15) is 14.4 Å². The Balaban J connectivity index is 2.72. The second-order valence-electron chi connectivity index (χ2n) is 4.22. The fraction of sp³-hybridized carbons (Fsp3) is 0.357. The molecular weight excluding hydrogens is 276 g/mol. The SMILES string of the molecule is COC(=O)CCC(=O)Nc1ccc(OC)c(NC(C)=O)c1. The van der Waals surface area contributed by atoms with Crippen LogP contribution in [0.2, 0.25) is 0 Å². The number of nitrogens with one attached hydrogen (secondary N) is 2. The lowest BCUT2D eigenvalue weighted by Gasteiger charge is -2.11. The third kappa shape index (κ3) is 5.52. The predicted molar refractivity (Wildman–Crippen MR) is 77.2 cm³/mol. The Morgan fingerprint density at radius 3 is 2.38 bits per heavy atom. The van der Waals surface area contributed by atoms with Crippen molar-refractivity contribution >= 4 is 29.2 Å². The van der Waals surface area contributed by atoms with E-state index in [2.05, 4.69) is 15.4 Å². The molecule has 0 unspecified atom stereocenters. The van der Waals surface area contributed by atoms with E-state index in [1.54, 1.807) is 18.2 Å². The number of anilines is 2. The molecule has 0 spiro atoms. The molecule has 0 aliphatic rings. The van der Waals surface area contributed by atoms with Crippen molar-refractivity contribution in [3.05, 3.63) is 18.2 Å². The van der Waals surface area contributed by atoms with Crippen molar-refractivity contribution in [2.75, 3.05) is 24.9 Å². The Bertz CT molecular complexity index is 542. The van der Waals surface area contributed by atoms with Gasteiger partial charge >= 0.3 is 5.97 Å². The molecule has 0 bridgehead atoms. The highest BCUT2D eigenvalue weighted by molar-refractivity contribution is 5.95. The molecule has 2 N–H and O–H groups in total. The fourth-order valence-electron chi connectivity index (χ4n) is 1.61. The van der Waals surface area contributed by atoms with Crippen LogP contribution in [0.25, 0.3) is 0 Å². The van der Waals surface area contributed by atoms with Crippen LogP contribution in [-0.4, -0.2) is 32.0 Å². The zero-order valence-electron chi connectivity index (χ0n) is 12.2. The minimum Gasteiger partial charge on any atom is -0.495 e. The summed E-state index contributed by atoms with van der Waals surface area (Å²) in [5.41, 5.74) is 0.949. The highest BCUT2D eigenvalue weighted by Crippen LogP contribution is 2.27.